The van der Waals surface area contributed by atoms with Crippen LogP contribution in [0.25, 0.3) is 0 Å². The zero-order valence-electron chi connectivity index (χ0n) is 35.2. The molecule has 5 aliphatic carbocycles. The molecule has 6 fully saturated rings. The molecule has 310 valence electrons. The number of carbonyl (C=O) groups excluding carboxylic acids is 3. The SMILES string of the molecule is C#CC#CC#CC#CC#CC12CCC(=O)N1C1C(C3=C(O)/C(=C4\C=CC5CCCC6C5C4=NC4(CCCCCCCCCC)CCC(=O)N64)C3=O)CCC3CCCC(N2)C31. The van der Waals surface area contributed by atoms with Crippen LogP contribution in [0.4, 0.5) is 0 Å². The summed E-state index contributed by atoms with van der Waals surface area (Å²) in [6.45, 7) is 2.25. The number of rotatable bonds is 10. The standard InChI is InChI=1S/C52H58N4O4/c1-3-5-7-9-11-13-15-17-31-51-33-30-42(58)56(51)48-38(28-26-35-21-19-23-39(53-51)43(35)48)46-49(59)45(50(46)60)37-27-25-36-22-20-24-40-44(36)47(37)54-52(34-29-41(57)55(40)52)32-18-16-14-12-10-8-6-4-2/h1,25,27,35-36,38-40,43-44,48,53,59H,4,6,8,10,12,14,16,18-24,26,28-30,32-34H2,2H3/b45-37-. The Hall–Kier alpha value is -4.94. The molecular formula is C52H58N4O4. The first-order valence-electron chi connectivity index (χ1n) is 23.2. The Bertz CT molecular complexity index is 2260. The van der Waals surface area contributed by atoms with Crippen molar-refractivity contribution in [3.63, 3.8) is 0 Å². The van der Waals surface area contributed by atoms with Gasteiger partial charge in [0.05, 0.1) is 11.3 Å². The number of unbranched alkanes of at least 4 members (excludes halogenated alkanes) is 7. The van der Waals surface area contributed by atoms with Gasteiger partial charge >= 0.3 is 0 Å². The van der Waals surface area contributed by atoms with Gasteiger partial charge in [0.15, 0.2) is 11.4 Å². The zero-order chi connectivity index (χ0) is 41.4. The maximum Gasteiger partial charge on any atom is 0.225 e. The highest BCUT2D eigenvalue weighted by Gasteiger charge is 2.63. The lowest BCUT2D eigenvalue weighted by molar-refractivity contribution is -0.149. The van der Waals surface area contributed by atoms with Crippen LogP contribution in [0.15, 0.2) is 39.6 Å². The number of ketones is 1. The Balaban J connectivity index is 1.05. The van der Waals surface area contributed by atoms with E-state index in [-0.39, 0.29) is 65.2 Å². The number of aliphatic hydroxyl groups is 1. The van der Waals surface area contributed by atoms with E-state index in [4.69, 9.17) is 11.4 Å². The van der Waals surface area contributed by atoms with Crippen molar-refractivity contribution in [2.24, 2.45) is 34.6 Å². The highest BCUT2D eigenvalue weighted by molar-refractivity contribution is 6.25. The zero-order valence-corrected chi connectivity index (χ0v) is 35.2. The maximum atomic E-state index is 14.9. The second-order valence-electron chi connectivity index (χ2n) is 18.9. The molecule has 4 heterocycles. The van der Waals surface area contributed by atoms with Crippen LogP contribution in [0, 0.1) is 89.3 Å². The van der Waals surface area contributed by atoms with Gasteiger partial charge in [0.1, 0.15) is 11.4 Å². The fraction of sp³-hybridized carbons (Fsp3) is 0.615. The quantitative estimate of drug-likeness (QED) is 0.136. The molecule has 0 aromatic rings. The molecule has 0 spiro atoms. The number of terminal acetylenes is 1. The van der Waals surface area contributed by atoms with Crippen molar-refractivity contribution in [1.29, 1.82) is 0 Å². The molecule has 10 atom stereocenters. The average Bonchev–Trinajstić information content (AvgIpc) is 3.77. The summed E-state index contributed by atoms with van der Waals surface area (Å²) in [7, 11) is 0. The number of aliphatic hydroxyl groups excluding tert-OH is 1. The van der Waals surface area contributed by atoms with Crippen molar-refractivity contribution < 1.29 is 19.5 Å². The minimum Gasteiger partial charge on any atom is -0.507 e. The van der Waals surface area contributed by atoms with Crippen molar-refractivity contribution in [2.45, 2.75) is 171 Å². The summed E-state index contributed by atoms with van der Waals surface area (Å²) in [6, 6.07) is -0.0555. The largest absolute Gasteiger partial charge is 0.507 e. The summed E-state index contributed by atoms with van der Waals surface area (Å²) < 4.78 is 0. The summed E-state index contributed by atoms with van der Waals surface area (Å²) >= 11 is 0. The van der Waals surface area contributed by atoms with Gasteiger partial charge in [-0.25, -0.2) is 0 Å². The molecular weight excluding hydrogens is 745 g/mol. The van der Waals surface area contributed by atoms with Gasteiger partial charge in [-0.05, 0) is 129 Å². The number of allylic oxidation sites excluding steroid dienone is 4. The summed E-state index contributed by atoms with van der Waals surface area (Å²) in [5.74, 6) is 25.1. The highest BCUT2D eigenvalue weighted by atomic mass is 16.3. The summed E-state index contributed by atoms with van der Waals surface area (Å²) in [5.41, 5.74) is 1.04. The molecule has 0 bridgehead atoms. The fourth-order valence-corrected chi connectivity index (χ4v) is 13.3. The first-order valence-corrected chi connectivity index (χ1v) is 23.2. The number of hydrogen-bond donors (Lipinski definition) is 2. The van der Waals surface area contributed by atoms with Crippen molar-refractivity contribution in [3.05, 3.63) is 34.6 Å². The molecule has 2 amide bonds. The average molecular weight is 803 g/mol. The van der Waals surface area contributed by atoms with Gasteiger partial charge in [0.2, 0.25) is 11.8 Å². The second kappa shape index (κ2) is 16.8. The maximum absolute atomic E-state index is 14.9. The van der Waals surface area contributed by atoms with Crippen LogP contribution < -0.4 is 5.32 Å². The predicted molar refractivity (Wildman–Crippen MR) is 232 cm³/mol. The highest BCUT2D eigenvalue weighted by Crippen LogP contribution is 2.57. The molecule has 0 aromatic carbocycles. The topological polar surface area (TPSA) is 102 Å². The normalized spacial score (nSPS) is 36.6. The first kappa shape index (κ1) is 40.5. The third kappa shape index (κ3) is 6.83. The minimum absolute atomic E-state index is 0.0258. The van der Waals surface area contributed by atoms with Crippen LogP contribution in [0.3, 0.4) is 0 Å². The molecule has 9 rings (SSSR count). The third-order valence-electron chi connectivity index (χ3n) is 15.7. The third-order valence-corrected chi connectivity index (χ3v) is 15.7. The Kier molecular flexibility index (Phi) is 11.4. The molecule has 2 N–H and O–H groups in total. The Morgan fingerprint density at radius 1 is 0.833 bits per heavy atom. The molecule has 0 aromatic heterocycles. The van der Waals surface area contributed by atoms with Gasteiger partial charge in [0, 0.05) is 60.4 Å². The van der Waals surface area contributed by atoms with E-state index in [1.165, 1.54) is 38.5 Å². The van der Waals surface area contributed by atoms with E-state index < -0.39 is 11.3 Å². The van der Waals surface area contributed by atoms with Gasteiger partial charge in [-0.15, -0.1) is 6.42 Å². The lowest BCUT2D eigenvalue weighted by Gasteiger charge is -2.61. The van der Waals surface area contributed by atoms with Crippen molar-refractivity contribution in [2.75, 3.05) is 0 Å². The Labute approximate surface area is 356 Å². The van der Waals surface area contributed by atoms with E-state index in [0.29, 0.717) is 42.7 Å². The smallest absolute Gasteiger partial charge is 0.225 e. The lowest BCUT2D eigenvalue weighted by atomic mass is 9.57. The molecule has 3 saturated heterocycles. The van der Waals surface area contributed by atoms with Crippen LogP contribution in [0.5, 0.6) is 0 Å². The summed E-state index contributed by atoms with van der Waals surface area (Å²) in [6.07, 6.45) is 30.1. The van der Waals surface area contributed by atoms with Gasteiger partial charge in [0.25, 0.3) is 0 Å². The minimum atomic E-state index is -0.905. The van der Waals surface area contributed by atoms with Crippen LogP contribution >= 0.6 is 0 Å². The number of aliphatic imine (C=N–C) groups is 1. The van der Waals surface area contributed by atoms with Crippen LogP contribution in [-0.2, 0) is 14.4 Å². The number of hydrogen-bond acceptors (Lipinski definition) is 6. The summed E-state index contributed by atoms with van der Waals surface area (Å²) in [5, 5.41) is 16.1. The van der Waals surface area contributed by atoms with E-state index in [9.17, 15) is 19.5 Å². The fourth-order valence-electron chi connectivity index (χ4n) is 13.3. The van der Waals surface area contributed by atoms with E-state index in [2.05, 4.69) is 82.6 Å². The second-order valence-corrected chi connectivity index (χ2v) is 18.9. The van der Waals surface area contributed by atoms with Crippen molar-refractivity contribution in [3.8, 4) is 59.7 Å². The number of nitrogens with zero attached hydrogens (tertiary/aromatic N) is 3. The molecule has 10 unspecified atom stereocenters. The van der Waals surface area contributed by atoms with Crippen LogP contribution in [0.1, 0.15) is 142 Å². The molecule has 60 heavy (non-hydrogen) atoms. The number of amides is 2. The number of carbonyl (C=O) groups is 3. The molecule has 9 aliphatic rings. The van der Waals surface area contributed by atoms with Gasteiger partial charge in [-0.2, -0.15) is 0 Å². The van der Waals surface area contributed by atoms with Crippen LogP contribution in [0.2, 0.25) is 0 Å². The first-order chi connectivity index (χ1) is 29.3. The molecule has 4 aliphatic heterocycles. The summed E-state index contributed by atoms with van der Waals surface area (Å²) in [4.78, 5) is 52.4. The van der Waals surface area contributed by atoms with Crippen molar-refractivity contribution >= 4 is 23.3 Å². The van der Waals surface area contributed by atoms with E-state index >= 15 is 0 Å². The van der Waals surface area contributed by atoms with Gasteiger partial charge in [-0.3, -0.25) is 24.7 Å². The Morgan fingerprint density at radius 3 is 2.33 bits per heavy atom. The van der Waals surface area contributed by atoms with E-state index in [1.807, 2.05) is 4.90 Å². The van der Waals surface area contributed by atoms with Gasteiger partial charge < -0.3 is 14.9 Å². The van der Waals surface area contributed by atoms with E-state index in [1.54, 1.807) is 0 Å². The molecule has 3 saturated carbocycles. The number of Topliss-reactive ketones (excluding diaryl/α,β-unsaturated/α-hetero) is 1. The molecule has 8 nitrogen and oxygen atoms in total. The van der Waals surface area contributed by atoms with E-state index in [0.717, 1.165) is 81.9 Å². The van der Waals surface area contributed by atoms with Crippen molar-refractivity contribution in [1.82, 2.24) is 15.1 Å². The Morgan fingerprint density at radius 2 is 1.55 bits per heavy atom. The number of fused-ring (bicyclic) bond motifs is 4. The molecule has 0 radical (unpaired) electrons. The predicted octanol–water partition coefficient (Wildman–Crippen LogP) is 7.47. The lowest BCUT2D eigenvalue weighted by Crippen LogP contribution is -2.74. The van der Waals surface area contributed by atoms with Crippen LogP contribution in [-0.4, -0.2) is 67.7 Å². The monoisotopic (exact) mass is 802 g/mol. The molecule has 8 heteroatoms. The van der Waals surface area contributed by atoms with Gasteiger partial charge in [-0.1, -0.05) is 76.9 Å². The number of nitrogens with one attached hydrogen (secondary N) is 1.